The maximum Gasteiger partial charge on any atom is 0.234 e. The molecule has 0 aliphatic rings. The van der Waals surface area contributed by atoms with Crippen molar-refractivity contribution >= 4 is 0 Å². The third-order valence-electron chi connectivity index (χ3n) is 2.57. The van der Waals surface area contributed by atoms with Crippen molar-refractivity contribution in [3.05, 3.63) is 11.3 Å². The van der Waals surface area contributed by atoms with E-state index in [0.29, 0.717) is 5.92 Å². The van der Waals surface area contributed by atoms with Crippen molar-refractivity contribution in [2.24, 2.45) is 0 Å². The molecule has 0 aromatic carbocycles. The summed E-state index contributed by atoms with van der Waals surface area (Å²) in [5.74, 6) is 0.570. The maximum atomic E-state index is 9.90. The third-order valence-corrected chi connectivity index (χ3v) is 2.57. The van der Waals surface area contributed by atoms with E-state index in [0.717, 1.165) is 17.8 Å². The lowest BCUT2D eigenvalue weighted by atomic mass is 9.84. The zero-order valence-corrected chi connectivity index (χ0v) is 10.6. The van der Waals surface area contributed by atoms with E-state index in [4.69, 9.17) is 0 Å². The van der Waals surface area contributed by atoms with Gasteiger partial charge >= 0.3 is 0 Å². The molecule has 0 atom stereocenters. The second kappa shape index (κ2) is 3.87. The smallest absolute Gasteiger partial charge is 0.234 e. The van der Waals surface area contributed by atoms with E-state index < -0.39 is 0 Å². The third kappa shape index (κ3) is 2.16. The molecule has 1 aromatic heterocycles. The second-order valence-electron chi connectivity index (χ2n) is 5.30. The molecular formula is C12H22N2O. The largest absolute Gasteiger partial charge is 0.492 e. The van der Waals surface area contributed by atoms with Crippen LogP contribution in [0.5, 0.6) is 5.88 Å². The van der Waals surface area contributed by atoms with Gasteiger partial charge in [-0.2, -0.15) is 0 Å². The molecule has 0 unspecified atom stereocenters. The van der Waals surface area contributed by atoms with Gasteiger partial charge < -0.3 is 5.11 Å². The fraction of sp³-hybridized carbons (Fsp3) is 0.750. The Morgan fingerprint density at radius 1 is 1.33 bits per heavy atom. The Labute approximate surface area is 92.1 Å². The van der Waals surface area contributed by atoms with Crippen molar-refractivity contribution in [3.63, 3.8) is 0 Å². The summed E-state index contributed by atoms with van der Waals surface area (Å²) in [6.07, 6.45) is 0. The van der Waals surface area contributed by atoms with E-state index >= 15 is 0 Å². The highest BCUT2D eigenvalue weighted by Crippen LogP contribution is 2.36. The van der Waals surface area contributed by atoms with E-state index in [1.54, 1.807) is 0 Å². The average molecular weight is 210 g/mol. The maximum absolute atomic E-state index is 9.90. The molecule has 0 saturated carbocycles. The van der Waals surface area contributed by atoms with Gasteiger partial charge in [-0.1, -0.05) is 34.6 Å². The Bertz CT molecular complexity index is 345. The second-order valence-corrected chi connectivity index (χ2v) is 5.30. The first-order valence-electron chi connectivity index (χ1n) is 5.59. The summed E-state index contributed by atoms with van der Waals surface area (Å²) in [7, 11) is 0. The van der Waals surface area contributed by atoms with Crippen LogP contribution in [0.15, 0.2) is 0 Å². The van der Waals surface area contributed by atoms with Crippen LogP contribution in [0, 0.1) is 0 Å². The van der Waals surface area contributed by atoms with Crippen molar-refractivity contribution in [3.8, 4) is 5.88 Å². The highest BCUT2D eigenvalue weighted by atomic mass is 16.3. The van der Waals surface area contributed by atoms with Crippen LogP contribution in [-0.2, 0) is 12.0 Å². The number of aromatic hydroxyl groups is 1. The highest BCUT2D eigenvalue weighted by molar-refractivity contribution is 5.38. The summed E-state index contributed by atoms with van der Waals surface area (Å²) >= 11 is 0. The Balaban J connectivity index is 3.42. The molecule has 1 N–H and O–H groups in total. The van der Waals surface area contributed by atoms with Crippen molar-refractivity contribution in [1.29, 1.82) is 0 Å². The lowest BCUT2D eigenvalue weighted by Gasteiger charge is -2.21. The first-order valence-corrected chi connectivity index (χ1v) is 5.59. The van der Waals surface area contributed by atoms with Crippen LogP contribution < -0.4 is 0 Å². The molecule has 1 rings (SSSR count). The number of rotatable bonds is 2. The minimum atomic E-state index is -0.0584. The van der Waals surface area contributed by atoms with Crippen LogP contribution >= 0.6 is 0 Å². The predicted molar refractivity (Wildman–Crippen MR) is 62.4 cm³/mol. The summed E-state index contributed by atoms with van der Waals surface area (Å²) in [5, 5.41) is 14.1. The minimum Gasteiger partial charge on any atom is -0.492 e. The lowest BCUT2D eigenvalue weighted by molar-refractivity contribution is 0.422. The molecule has 0 aliphatic heterocycles. The number of aromatic nitrogens is 2. The van der Waals surface area contributed by atoms with Gasteiger partial charge in [0.15, 0.2) is 0 Å². The van der Waals surface area contributed by atoms with Crippen LogP contribution in [0.4, 0.5) is 0 Å². The monoisotopic (exact) mass is 210 g/mol. The molecule has 3 nitrogen and oxygen atoms in total. The molecule has 86 valence electrons. The summed E-state index contributed by atoms with van der Waals surface area (Å²) in [6.45, 7) is 13.4. The van der Waals surface area contributed by atoms with Gasteiger partial charge in [0.1, 0.15) is 0 Å². The van der Waals surface area contributed by atoms with Gasteiger partial charge in [-0.05, 0) is 18.3 Å². The van der Waals surface area contributed by atoms with Gasteiger partial charge in [-0.15, -0.1) is 5.10 Å². The van der Waals surface area contributed by atoms with Crippen LogP contribution in [-0.4, -0.2) is 14.9 Å². The molecule has 1 aromatic rings. The minimum absolute atomic E-state index is 0.0584. The zero-order chi connectivity index (χ0) is 11.8. The van der Waals surface area contributed by atoms with Crippen molar-refractivity contribution in [2.75, 3.05) is 0 Å². The Morgan fingerprint density at radius 2 is 1.87 bits per heavy atom. The van der Waals surface area contributed by atoms with Crippen molar-refractivity contribution in [2.45, 2.75) is 59.4 Å². The molecule has 0 saturated heterocycles. The number of hydrogen-bond donors (Lipinski definition) is 1. The molecule has 0 radical (unpaired) electrons. The Morgan fingerprint density at radius 3 is 2.20 bits per heavy atom. The Kier molecular flexibility index (Phi) is 3.12. The summed E-state index contributed by atoms with van der Waals surface area (Å²) < 4.78 is 1.90. The van der Waals surface area contributed by atoms with E-state index in [1.165, 1.54) is 0 Å². The molecule has 0 spiro atoms. The first-order chi connectivity index (χ1) is 6.79. The van der Waals surface area contributed by atoms with Crippen molar-refractivity contribution < 1.29 is 5.11 Å². The van der Waals surface area contributed by atoms with Crippen LogP contribution in [0.25, 0.3) is 0 Å². The summed E-state index contributed by atoms with van der Waals surface area (Å²) in [4.78, 5) is 0. The molecule has 0 bridgehead atoms. The first kappa shape index (κ1) is 12.1. The number of hydrogen-bond acceptors (Lipinski definition) is 2. The van der Waals surface area contributed by atoms with Gasteiger partial charge in [0.25, 0.3) is 0 Å². The van der Waals surface area contributed by atoms with E-state index in [1.807, 2.05) is 11.6 Å². The fourth-order valence-corrected chi connectivity index (χ4v) is 2.01. The standard InChI is InChI=1S/C12H22N2O/c1-7-14-10(8(2)3)9(11(15)13-14)12(4,5)6/h8H,7H2,1-6H3,(H,13,15). The van der Waals surface area contributed by atoms with Crippen LogP contribution in [0.2, 0.25) is 0 Å². The predicted octanol–water partition coefficient (Wildman–Crippen LogP) is 3.03. The normalized spacial score (nSPS) is 12.5. The zero-order valence-electron chi connectivity index (χ0n) is 10.6. The van der Waals surface area contributed by atoms with E-state index in [2.05, 4.69) is 39.7 Å². The van der Waals surface area contributed by atoms with Gasteiger partial charge in [-0.3, -0.25) is 4.68 Å². The van der Waals surface area contributed by atoms with Gasteiger partial charge in [0.05, 0.1) is 0 Å². The highest BCUT2D eigenvalue weighted by Gasteiger charge is 2.28. The SMILES string of the molecule is CCn1nc(O)c(C(C)(C)C)c1C(C)C. The molecular weight excluding hydrogens is 188 g/mol. The van der Waals surface area contributed by atoms with Gasteiger partial charge in [0.2, 0.25) is 5.88 Å². The van der Waals surface area contributed by atoms with E-state index in [-0.39, 0.29) is 11.3 Å². The number of nitrogens with zero attached hydrogens (tertiary/aromatic N) is 2. The summed E-state index contributed by atoms with van der Waals surface area (Å²) in [6, 6.07) is 0. The molecule has 0 aliphatic carbocycles. The molecule has 0 fully saturated rings. The van der Waals surface area contributed by atoms with E-state index in [9.17, 15) is 5.11 Å². The fourth-order valence-electron chi connectivity index (χ4n) is 2.01. The molecule has 0 amide bonds. The van der Waals surface area contributed by atoms with Crippen molar-refractivity contribution in [1.82, 2.24) is 9.78 Å². The molecule has 15 heavy (non-hydrogen) atoms. The molecule has 3 heteroatoms. The van der Waals surface area contributed by atoms with Crippen LogP contribution in [0.1, 0.15) is 58.7 Å². The lowest BCUT2D eigenvalue weighted by Crippen LogP contribution is -2.15. The quantitative estimate of drug-likeness (QED) is 0.814. The van der Waals surface area contributed by atoms with Gasteiger partial charge in [0, 0.05) is 17.8 Å². The topological polar surface area (TPSA) is 38.0 Å². The molecule has 1 heterocycles. The van der Waals surface area contributed by atoms with Crippen LogP contribution in [0.3, 0.4) is 0 Å². The number of aryl methyl sites for hydroxylation is 1. The Hall–Kier alpha value is -0.990. The average Bonchev–Trinajstić information content (AvgIpc) is 2.41. The summed E-state index contributed by atoms with van der Waals surface area (Å²) in [5.41, 5.74) is 2.08. The van der Waals surface area contributed by atoms with Gasteiger partial charge in [-0.25, -0.2) is 0 Å².